The number of rotatable bonds is 8. The smallest absolute Gasteiger partial charge is 0.408 e. The molecule has 0 bridgehead atoms. The minimum Gasteiger partial charge on any atom is -0.480 e. The van der Waals surface area contributed by atoms with Crippen LogP contribution in [0.1, 0.15) is 18.9 Å². The van der Waals surface area contributed by atoms with E-state index in [9.17, 15) is 9.59 Å². The second-order valence-electron chi connectivity index (χ2n) is 4.08. The van der Waals surface area contributed by atoms with Crippen molar-refractivity contribution in [2.45, 2.75) is 26.0 Å². The minimum atomic E-state index is -1.04. The predicted octanol–water partition coefficient (Wildman–Crippen LogP) is 2.51. The van der Waals surface area contributed by atoms with Gasteiger partial charge in [-0.2, -0.15) is 11.8 Å². The number of hydrogen-bond donors (Lipinski definition) is 2. The van der Waals surface area contributed by atoms with Crippen LogP contribution in [0.2, 0.25) is 0 Å². The maximum Gasteiger partial charge on any atom is 0.408 e. The number of thioether (sulfide) groups is 1. The molecule has 6 heteroatoms. The maximum atomic E-state index is 11.6. The van der Waals surface area contributed by atoms with E-state index in [0.717, 1.165) is 11.3 Å². The van der Waals surface area contributed by atoms with Crippen molar-refractivity contribution in [3.8, 4) is 0 Å². The Morgan fingerprint density at radius 1 is 1.35 bits per heavy atom. The third-order valence-electron chi connectivity index (χ3n) is 2.56. The van der Waals surface area contributed by atoms with Crippen LogP contribution >= 0.6 is 11.8 Å². The molecule has 0 fully saturated rings. The molecule has 1 atom stereocenters. The number of alkyl carbamates (subject to hydrolysis) is 1. The number of hydrogen-bond acceptors (Lipinski definition) is 4. The van der Waals surface area contributed by atoms with Crippen LogP contribution in [-0.2, 0) is 16.1 Å². The van der Waals surface area contributed by atoms with E-state index in [1.165, 1.54) is 0 Å². The molecule has 0 saturated heterocycles. The fraction of sp³-hybridized carbons (Fsp3) is 0.429. The van der Waals surface area contributed by atoms with Gasteiger partial charge in [-0.25, -0.2) is 9.59 Å². The zero-order valence-corrected chi connectivity index (χ0v) is 12.2. The Morgan fingerprint density at radius 3 is 2.65 bits per heavy atom. The molecule has 0 aliphatic heterocycles. The Balaban J connectivity index is 2.36. The molecule has 0 spiro atoms. The fourth-order valence-electron chi connectivity index (χ4n) is 1.51. The van der Waals surface area contributed by atoms with Crippen LogP contribution in [0.5, 0.6) is 0 Å². The summed E-state index contributed by atoms with van der Waals surface area (Å²) >= 11 is 1.64. The first kappa shape index (κ1) is 16.4. The van der Waals surface area contributed by atoms with Crippen LogP contribution < -0.4 is 5.32 Å². The lowest BCUT2D eigenvalue weighted by atomic mass is 10.2. The summed E-state index contributed by atoms with van der Waals surface area (Å²) in [5.74, 6) is 0.565. The Kier molecular flexibility index (Phi) is 7.57. The van der Waals surface area contributed by atoms with Crippen LogP contribution in [0.3, 0.4) is 0 Å². The van der Waals surface area contributed by atoms with Crippen molar-refractivity contribution in [1.82, 2.24) is 5.32 Å². The van der Waals surface area contributed by atoms with Crippen molar-refractivity contribution in [3.63, 3.8) is 0 Å². The molecule has 0 aliphatic carbocycles. The molecule has 1 aromatic carbocycles. The van der Waals surface area contributed by atoms with Crippen molar-refractivity contribution in [1.29, 1.82) is 0 Å². The van der Waals surface area contributed by atoms with Crippen molar-refractivity contribution in [3.05, 3.63) is 35.9 Å². The Hall–Kier alpha value is -1.69. The standard InChI is InChI=1S/C14H19NO4S/c1-2-20-9-8-12(13(16)17)15-14(18)19-10-11-6-4-3-5-7-11/h3-7,12H,2,8-10H2,1H3,(H,15,18)(H,16,17). The topological polar surface area (TPSA) is 75.6 Å². The van der Waals surface area contributed by atoms with Gasteiger partial charge in [-0.1, -0.05) is 37.3 Å². The molecule has 5 nitrogen and oxygen atoms in total. The summed E-state index contributed by atoms with van der Waals surface area (Å²) in [5, 5.41) is 11.4. The molecule has 1 amide bonds. The number of nitrogens with one attached hydrogen (secondary N) is 1. The SMILES string of the molecule is CCSCCC(NC(=O)OCc1ccccc1)C(=O)O. The average Bonchev–Trinajstić information content (AvgIpc) is 2.45. The molecule has 1 rings (SSSR count). The van der Waals surface area contributed by atoms with Crippen molar-refractivity contribution >= 4 is 23.8 Å². The Bertz CT molecular complexity index is 424. The molecule has 1 aromatic rings. The van der Waals surface area contributed by atoms with Gasteiger partial charge in [0, 0.05) is 0 Å². The number of carboxylic acid groups (broad SMARTS) is 1. The van der Waals surface area contributed by atoms with E-state index in [4.69, 9.17) is 9.84 Å². The minimum absolute atomic E-state index is 0.128. The summed E-state index contributed by atoms with van der Waals surface area (Å²) in [6, 6.07) is 8.32. The normalized spacial score (nSPS) is 11.7. The fourth-order valence-corrected chi connectivity index (χ4v) is 2.20. The predicted molar refractivity (Wildman–Crippen MR) is 78.8 cm³/mol. The molecule has 20 heavy (non-hydrogen) atoms. The molecule has 0 aliphatic rings. The highest BCUT2D eigenvalue weighted by Gasteiger charge is 2.20. The molecule has 0 heterocycles. The molecule has 110 valence electrons. The van der Waals surface area contributed by atoms with Gasteiger partial charge in [0.15, 0.2) is 0 Å². The summed E-state index contributed by atoms with van der Waals surface area (Å²) in [6.45, 7) is 2.13. The zero-order valence-electron chi connectivity index (χ0n) is 11.4. The Morgan fingerprint density at radius 2 is 2.05 bits per heavy atom. The van der Waals surface area contributed by atoms with E-state index in [1.54, 1.807) is 11.8 Å². The van der Waals surface area contributed by atoms with E-state index in [0.29, 0.717) is 12.2 Å². The third kappa shape index (κ3) is 6.47. The van der Waals surface area contributed by atoms with E-state index in [2.05, 4.69) is 5.32 Å². The monoisotopic (exact) mass is 297 g/mol. The van der Waals surface area contributed by atoms with Crippen LogP contribution in [0.15, 0.2) is 30.3 Å². The first-order valence-electron chi connectivity index (χ1n) is 6.41. The molecule has 0 saturated carbocycles. The van der Waals surface area contributed by atoms with Crippen LogP contribution in [0.25, 0.3) is 0 Å². The van der Waals surface area contributed by atoms with E-state index < -0.39 is 18.1 Å². The molecule has 1 unspecified atom stereocenters. The van der Waals surface area contributed by atoms with Gasteiger partial charge in [-0.15, -0.1) is 0 Å². The summed E-state index contributed by atoms with van der Waals surface area (Å²) < 4.78 is 4.99. The van der Waals surface area contributed by atoms with Crippen LogP contribution in [0, 0.1) is 0 Å². The molecular weight excluding hydrogens is 278 g/mol. The van der Waals surface area contributed by atoms with Gasteiger partial charge >= 0.3 is 12.1 Å². The first-order valence-corrected chi connectivity index (χ1v) is 7.56. The second-order valence-corrected chi connectivity index (χ2v) is 5.48. The number of carboxylic acids is 1. The first-order chi connectivity index (χ1) is 9.63. The number of carbonyl (C=O) groups is 2. The van der Waals surface area contributed by atoms with Gasteiger partial charge in [0.05, 0.1) is 0 Å². The molecule has 0 aromatic heterocycles. The molecule has 0 radical (unpaired) electrons. The summed E-state index contributed by atoms with van der Waals surface area (Å²) in [5.41, 5.74) is 0.857. The number of ether oxygens (including phenoxy) is 1. The summed E-state index contributed by atoms with van der Waals surface area (Å²) in [7, 11) is 0. The number of amides is 1. The maximum absolute atomic E-state index is 11.6. The second kappa shape index (κ2) is 9.25. The van der Waals surface area contributed by atoms with E-state index >= 15 is 0 Å². The highest BCUT2D eigenvalue weighted by Crippen LogP contribution is 2.05. The highest BCUT2D eigenvalue weighted by atomic mass is 32.2. The average molecular weight is 297 g/mol. The lowest BCUT2D eigenvalue weighted by Crippen LogP contribution is -2.41. The summed E-state index contributed by atoms with van der Waals surface area (Å²) in [4.78, 5) is 22.6. The summed E-state index contributed by atoms with van der Waals surface area (Å²) in [6.07, 6.45) is -0.323. The van der Waals surface area contributed by atoms with Crippen LogP contribution in [-0.4, -0.2) is 34.7 Å². The number of carbonyl (C=O) groups excluding carboxylic acids is 1. The van der Waals surface area contributed by atoms with E-state index in [1.807, 2.05) is 37.3 Å². The largest absolute Gasteiger partial charge is 0.480 e. The quantitative estimate of drug-likeness (QED) is 0.721. The van der Waals surface area contributed by atoms with Gasteiger partial charge in [-0.05, 0) is 23.5 Å². The van der Waals surface area contributed by atoms with Gasteiger partial charge < -0.3 is 15.2 Å². The van der Waals surface area contributed by atoms with E-state index in [-0.39, 0.29) is 6.61 Å². The lowest BCUT2D eigenvalue weighted by molar-refractivity contribution is -0.139. The lowest BCUT2D eigenvalue weighted by Gasteiger charge is -2.14. The van der Waals surface area contributed by atoms with Crippen molar-refractivity contribution in [2.75, 3.05) is 11.5 Å². The number of benzene rings is 1. The third-order valence-corrected chi connectivity index (χ3v) is 3.49. The van der Waals surface area contributed by atoms with Gasteiger partial charge in [0.25, 0.3) is 0 Å². The molecular formula is C14H19NO4S. The van der Waals surface area contributed by atoms with Crippen LogP contribution in [0.4, 0.5) is 4.79 Å². The molecule has 2 N–H and O–H groups in total. The van der Waals surface area contributed by atoms with Crippen molar-refractivity contribution < 1.29 is 19.4 Å². The Labute approximate surface area is 122 Å². The number of aliphatic carboxylic acids is 1. The van der Waals surface area contributed by atoms with Crippen molar-refractivity contribution in [2.24, 2.45) is 0 Å². The van der Waals surface area contributed by atoms with Gasteiger partial charge in [0.1, 0.15) is 12.6 Å². The highest BCUT2D eigenvalue weighted by molar-refractivity contribution is 7.99. The zero-order chi connectivity index (χ0) is 14.8. The van der Waals surface area contributed by atoms with Gasteiger partial charge in [0.2, 0.25) is 0 Å². The van der Waals surface area contributed by atoms with Gasteiger partial charge in [-0.3, -0.25) is 0 Å².